The molecular formula is C17H15BrN2O. The Balaban J connectivity index is 1.61. The van der Waals surface area contributed by atoms with Crippen molar-refractivity contribution in [3.63, 3.8) is 0 Å². The topological polar surface area (TPSA) is 34.9 Å². The maximum Gasteiger partial charge on any atom is 0.162 e. The summed E-state index contributed by atoms with van der Waals surface area (Å²) in [5.41, 5.74) is 2.89. The van der Waals surface area contributed by atoms with Crippen LogP contribution < -0.4 is 0 Å². The Morgan fingerprint density at radius 3 is 2.67 bits per heavy atom. The second-order valence-corrected chi connectivity index (χ2v) is 5.88. The summed E-state index contributed by atoms with van der Waals surface area (Å²) in [4.78, 5) is 16.5. The van der Waals surface area contributed by atoms with Crippen molar-refractivity contribution >= 4 is 32.7 Å². The van der Waals surface area contributed by atoms with Gasteiger partial charge in [-0.3, -0.25) is 4.79 Å². The van der Waals surface area contributed by atoms with Crippen molar-refractivity contribution in [2.75, 3.05) is 0 Å². The largest absolute Gasteiger partial charge is 0.331 e. The van der Waals surface area contributed by atoms with Crippen LogP contribution in [0.25, 0.3) is 11.0 Å². The van der Waals surface area contributed by atoms with E-state index in [9.17, 15) is 4.79 Å². The first-order chi connectivity index (χ1) is 10.2. The summed E-state index contributed by atoms with van der Waals surface area (Å²) >= 11 is 3.37. The molecule has 0 spiro atoms. The van der Waals surface area contributed by atoms with Crippen LogP contribution in [0.2, 0.25) is 0 Å². The first kappa shape index (κ1) is 14.0. The van der Waals surface area contributed by atoms with Crippen molar-refractivity contribution < 1.29 is 4.79 Å². The number of halogens is 1. The van der Waals surface area contributed by atoms with Crippen molar-refractivity contribution in [1.29, 1.82) is 0 Å². The van der Waals surface area contributed by atoms with E-state index >= 15 is 0 Å². The molecule has 0 unspecified atom stereocenters. The van der Waals surface area contributed by atoms with Crippen LogP contribution in [0.5, 0.6) is 0 Å². The number of nitrogens with zero attached hydrogens (tertiary/aromatic N) is 2. The average molecular weight is 343 g/mol. The number of fused-ring (bicyclic) bond motifs is 1. The number of para-hydroxylation sites is 2. The minimum absolute atomic E-state index is 0.187. The van der Waals surface area contributed by atoms with Gasteiger partial charge in [-0.25, -0.2) is 4.98 Å². The van der Waals surface area contributed by atoms with E-state index in [0.29, 0.717) is 6.42 Å². The predicted octanol–water partition coefficient (Wildman–Crippen LogP) is 4.46. The first-order valence-corrected chi connectivity index (χ1v) is 7.72. The van der Waals surface area contributed by atoms with Crippen LogP contribution in [0.3, 0.4) is 0 Å². The van der Waals surface area contributed by atoms with E-state index in [1.807, 2.05) is 48.8 Å². The summed E-state index contributed by atoms with van der Waals surface area (Å²) in [6, 6.07) is 15.6. The van der Waals surface area contributed by atoms with Gasteiger partial charge in [-0.15, -0.1) is 0 Å². The predicted molar refractivity (Wildman–Crippen MR) is 87.4 cm³/mol. The van der Waals surface area contributed by atoms with Gasteiger partial charge in [0.25, 0.3) is 0 Å². The Labute approximate surface area is 131 Å². The number of carbonyl (C=O) groups is 1. The Hall–Kier alpha value is -1.94. The van der Waals surface area contributed by atoms with Crippen LogP contribution in [-0.4, -0.2) is 15.3 Å². The molecule has 0 aliphatic heterocycles. The van der Waals surface area contributed by atoms with E-state index in [4.69, 9.17) is 0 Å². The van der Waals surface area contributed by atoms with Crippen LogP contribution in [0, 0.1) is 0 Å². The van der Waals surface area contributed by atoms with Crippen LogP contribution in [0.1, 0.15) is 23.2 Å². The molecule has 2 aromatic carbocycles. The van der Waals surface area contributed by atoms with Gasteiger partial charge in [-0.2, -0.15) is 0 Å². The van der Waals surface area contributed by atoms with Gasteiger partial charge in [0.05, 0.1) is 17.4 Å². The standard InChI is InChI=1S/C17H15BrN2O/c18-14-9-7-13(8-10-14)17(21)6-3-11-20-12-19-15-4-1-2-5-16(15)20/h1-2,4-5,7-10,12H,3,6,11H2. The molecule has 3 aromatic rings. The molecule has 106 valence electrons. The van der Waals surface area contributed by atoms with Crippen molar-refractivity contribution in [2.45, 2.75) is 19.4 Å². The van der Waals surface area contributed by atoms with Crippen molar-refractivity contribution in [3.05, 3.63) is 64.9 Å². The smallest absolute Gasteiger partial charge is 0.162 e. The Morgan fingerprint density at radius 2 is 1.86 bits per heavy atom. The number of rotatable bonds is 5. The van der Waals surface area contributed by atoms with E-state index in [-0.39, 0.29) is 5.78 Å². The zero-order chi connectivity index (χ0) is 14.7. The number of Topliss-reactive ketones (excluding diaryl/α,β-unsaturated/α-hetero) is 1. The third-order valence-corrected chi connectivity index (χ3v) is 4.03. The van der Waals surface area contributed by atoms with Gasteiger partial charge >= 0.3 is 0 Å². The number of ketones is 1. The molecule has 1 aromatic heterocycles. The van der Waals surface area contributed by atoms with Gasteiger partial charge in [0.1, 0.15) is 0 Å². The molecule has 4 heteroatoms. The number of hydrogen-bond acceptors (Lipinski definition) is 2. The molecular weight excluding hydrogens is 328 g/mol. The lowest BCUT2D eigenvalue weighted by atomic mass is 10.1. The lowest BCUT2D eigenvalue weighted by molar-refractivity contribution is 0.0978. The van der Waals surface area contributed by atoms with Crippen molar-refractivity contribution in [2.24, 2.45) is 0 Å². The minimum Gasteiger partial charge on any atom is -0.331 e. The van der Waals surface area contributed by atoms with Crippen LogP contribution >= 0.6 is 15.9 Å². The summed E-state index contributed by atoms with van der Waals surface area (Å²) in [5, 5.41) is 0. The maximum atomic E-state index is 12.1. The highest BCUT2D eigenvalue weighted by Crippen LogP contribution is 2.15. The van der Waals surface area contributed by atoms with Gasteiger partial charge in [-0.05, 0) is 30.7 Å². The zero-order valence-electron chi connectivity index (χ0n) is 11.5. The van der Waals surface area contributed by atoms with E-state index in [1.165, 1.54) is 0 Å². The molecule has 1 heterocycles. The SMILES string of the molecule is O=C(CCCn1cnc2ccccc21)c1ccc(Br)cc1. The van der Waals surface area contributed by atoms with Crippen molar-refractivity contribution in [1.82, 2.24) is 9.55 Å². The van der Waals surface area contributed by atoms with Crippen LogP contribution in [0.4, 0.5) is 0 Å². The number of benzene rings is 2. The highest BCUT2D eigenvalue weighted by Gasteiger charge is 2.06. The molecule has 0 amide bonds. The van der Waals surface area contributed by atoms with Gasteiger partial charge in [0, 0.05) is 23.0 Å². The highest BCUT2D eigenvalue weighted by atomic mass is 79.9. The van der Waals surface area contributed by atoms with E-state index < -0.39 is 0 Å². The Bertz CT molecular complexity index is 762. The Kier molecular flexibility index (Phi) is 4.15. The first-order valence-electron chi connectivity index (χ1n) is 6.93. The summed E-state index contributed by atoms with van der Waals surface area (Å²) in [6.45, 7) is 0.808. The summed E-state index contributed by atoms with van der Waals surface area (Å²) in [6.07, 6.45) is 3.21. The number of hydrogen-bond donors (Lipinski definition) is 0. The molecule has 0 aliphatic rings. The quantitative estimate of drug-likeness (QED) is 0.641. The molecule has 0 radical (unpaired) electrons. The second kappa shape index (κ2) is 6.22. The van der Waals surface area contributed by atoms with Crippen molar-refractivity contribution in [3.8, 4) is 0 Å². The summed E-state index contributed by atoms with van der Waals surface area (Å²) in [5.74, 6) is 0.187. The molecule has 0 bridgehead atoms. The average Bonchev–Trinajstić information content (AvgIpc) is 2.91. The van der Waals surface area contributed by atoms with E-state index in [2.05, 4.69) is 31.5 Å². The molecule has 0 atom stereocenters. The summed E-state index contributed by atoms with van der Waals surface area (Å²) in [7, 11) is 0. The number of imidazole rings is 1. The highest BCUT2D eigenvalue weighted by molar-refractivity contribution is 9.10. The minimum atomic E-state index is 0.187. The lowest BCUT2D eigenvalue weighted by Gasteiger charge is -2.04. The maximum absolute atomic E-state index is 12.1. The number of aromatic nitrogens is 2. The molecule has 0 N–H and O–H groups in total. The fraction of sp³-hybridized carbons (Fsp3) is 0.176. The fourth-order valence-corrected chi connectivity index (χ4v) is 2.64. The number of aryl methyl sites for hydroxylation is 1. The normalized spacial score (nSPS) is 10.9. The van der Waals surface area contributed by atoms with E-state index in [0.717, 1.165) is 34.0 Å². The lowest BCUT2D eigenvalue weighted by Crippen LogP contribution is -2.02. The molecule has 0 saturated heterocycles. The fourth-order valence-electron chi connectivity index (χ4n) is 2.38. The molecule has 3 rings (SSSR count). The molecule has 0 saturated carbocycles. The third-order valence-electron chi connectivity index (χ3n) is 3.50. The van der Waals surface area contributed by atoms with E-state index in [1.54, 1.807) is 0 Å². The molecule has 21 heavy (non-hydrogen) atoms. The number of carbonyl (C=O) groups excluding carboxylic acids is 1. The third kappa shape index (κ3) is 3.22. The van der Waals surface area contributed by atoms with Gasteiger partial charge in [0.2, 0.25) is 0 Å². The van der Waals surface area contributed by atoms with Crippen LogP contribution in [0.15, 0.2) is 59.3 Å². The summed E-state index contributed by atoms with van der Waals surface area (Å²) < 4.78 is 3.09. The molecule has 0 fully saturated rings. The van der Waals surface area contributed by atoms with Gasteiger partial charge in [0.15, 0.2) is 5.78 Å². The van der Waals surface area contributed by atoms with Crippen LogP contribution in [-0.2, 0) is 6.54 Å². The van der Waals surface area contributed by atoms with Gasteiger partial charge in [-0.1, -0.05) is 40.2 Å². The molecule has 3 nitrogen and oxygen atoms in total. The second-order valence-electron chi connectivity index (χ2n) is 4.96. The molecule has 0 aliphatic carbocycles. The Morgan fingerprint density at radius 1 is 1.10 bits per heavy atom. The monoisotopic (exact) mass is 342 g/mol. The zero-order valence-corrected chi connectivity index (χ0v) is 13.1. The van der Waals surface area contributed by atoms with Gasteiger partial charge < -0.3 is 4.57 Å².